The molecule has 0 saturated carbocycles. The first-order chi connectivity index (χ1) is 8.68. The van der Waals surface area contributed by atoms with Gasteiger partial charge in [-0.3, -0.25) is 4.79 Å². The number of rotatable bonds is 6. The molecule has 1 saturated heterocycles. The second-order valence-corrected chi connectivity index (χ2v) is 8.66. The minimum Gasteiger partial charge on any atom is -0.480 e. The van der Waals surface area contributed by atoms with Crippen LogP contribution in [0.1, 0.15) is 12.8 Å². The highest BCUT2D eigenvalue weighted by molar-refractivity contribution is 7.92. The summed E-state index contributed by atoms with van der Waals surface area (Å²) in [6, 6.07) is -1.37. The smallest absolute Gasteiger partial charge is 0.324 e. The zero-order chi connectivity index (χ0) is 14.7. The molecule has 2 N–H and O–H groups in total. The molecule has 10 heteroatoms. The number of carbonyl (C=O) groups is 1. The fourth-order valence-electron chi connectivity index (χ4n) is 1.80. The molecular weight excluding hydrogens is 298 g/mol. The summed E-state index contributed by atoms with van der Waals surface area (Å²) in [5, 5.41) is 7.97. The molecule has 1 rings (SSSR count). The lowest BCUT2D eigenvalue weighted by atomic mass is 10.2. The summed E-state index contributed by atoms with van der Waals surface area (Å²) in [4.78, 5) is 10.9. The number of hydrogen-bond acceptors (Lipinski definition) is 6. The van der Waals surface area contributed by atoms with Crippen LogP contribution >= 0.6 is 0 Å². The molecular formula is C9H17NO7S2. The Kier molecular flexibility index (Phi) is 5.30. The second-order valence-electron chi connectivity index (χ2n) is 4.36. The van der Waals surface area contributed by atoms with Crippen LogP contribution in [0.25, 0.3) is 0 Å². The van der Waals surface area contributed by atoms with Crippen molar-refractivity contribution in [2.24, 2.45) is 0 Å². The number of carboxylic acids is 1. The van der Waals surface area contributed by atoms with Gasteiger partial charge in [-0.15, -0.1) is 0 Å². The van der Waals surface area contributed by atoms with Crippen LogP contribution in [0.3, 0.4) is 0 Å². The highest BCUT2D eigenvalue weighted by atomic mass is 32.2. The number of ether oxygens (including phenoxy) is 1. The van der Waals surface area contributed by atoms with Crippen molar-refractivity contribution >= 4 is 25.8 Å². The van der Waals surface area contributed by atoms with Gasteiger partial charge in [0.05, 0.1) is 23.4 Å². The van der Waals surface area contributed by atoms with Crippen LogP contribution in [0.2, 0.25) is 0 Å². The fourth-order valence-corrected chi connectivity index (χ4v) is 5.20. The van der Waals surface area contributed by atoms with E-state index in [1.165, 1.54) is 7.11 Å². The molecule has 0 aromatic rings. The van der Waals surface area contributed by atoms with Gasteiger partial charge in [0, 0.05) is 7.11 Å². The van der Waals surface area contributed by atoms with Crippen molar-refractivity contribution in [2.75, 3.05) is 25.2 Å². The van der Waals surface area contributed by atoms with Crippen molar-refractivity contribution in [2.45, 2.75) is 24.1 Å². The Balaban J connectivity index is 2.73. The molecule has 1 aliphatic heterocycles. The maximum atomic E-state index is 12.0. The number of sulfone groups is 1. The van der Waals surface area contributed by atoms with Crippen molar-refractivity contribution in [3.05, 3.63) is 0 Å². The first kappa shape index (κ1) is 16.3. The Morgan fingerprint density at radius 2 is 1.95 bits per heavy atom. The van der Waals surface area contributed by atoms with E-state index in [4.69, 9.17) is 5.11 Å². The summed E-state index contributed by atoms with van der Waals surface area (Å²) < 4.78 is 53.0. The molecule has 1 atom stereocenters. The lowest BCUT2D eigenvalue weighted by Gasteiger charge is -2.24. The molecule has 1 heterocycles. The van der Waals surface area contributed by atoms with Crippen LogP contribution in [-0.4, -0.2) is 64.4 Å². The quantitative estimate of drug-likeness (QED) is 0.616. The van der Waals surface area contributed by atoms with Crippen LogP contribution in [0.4, 0.5) is 0 Å². The molecule has 1 fully saturated rings. The highest BCUT2D eigenvalue weighted by Gasteiger charge is 2.35. The van der Waals surface area contributed by atoms with E-state index >= 15 is 0 Å². The number of nitrogens with one attached hydrogen (secondary N) is 1. The van der Waals surface area contributed by atoms with E-state index in [0.717, 1.165) is 0 Å². The average molecular weight is 315 g/mol. The zero-order valence-electron chi connectivity index (χ0n) is 10.4. The predicted octanol–water partition coefficient (Wildman–Crippen LogP) is -1.42. The van der Waals surface area contributed by atoms with Crippen molar-refractivity contribution in [3.63, 3.8) is 0 Å². The zero-order valence-corrected chi connectivity index (χ0v) is 12.0. The van der Waals surface area contributed by atoms with E-state index in [1.54, 1.807) is 0 Å². The number of methoxy groups -OCH3 is 1. The Hall–Kier alpha value is -0.710. The van der Waals surface area contributed by atoms with E-state index in [-0.39, 0.29) is 31.0 Å². The second kappa shape index (κ2) is 6.16. The van der Waals surface area contributed by atoms with Crippen molar-refractivity contribution in [1.29, 1.82) is 0 Å². The van der Waals surface area contributed by atoms with Gasteiger partial charge in [0.25, 0.3) is 0 Å². The number of hydrogen-bond donors (Lipinski definition) is 2. The molecule has 0 spiro atoms. The summed E-state index contributed by atoms with van der Waals surface area (Å²) in [5.41, 5.74) is 0. The third kappa shape index (κ3) is 4.71. The predicted molar refractivity (Wildman–Crippen MR) is 67.0 cm³/mol. The van der Waals surface area contributed by atoms with E-state index in [0.29, 0.717) is 0 Å². The van der Waals surface area contributed by atoms with E-state index in [9.17, 15) is 21.6 Å². The minimum absolute atomic E-state index is 0.0169. The van der Waals surface area contributed by atoms with Gasteiger partial charge in [0.2, 0.25) is 10.0 Å². The third-order valence-corrected chi connectivity index (χ3v) is 6.56. The van der Waals surface area contributed by atoms with E-state index in [1.807, 2.05) is 4.72 Å². The van der Waals surface area contributed by atoms with Gasteiger partial charge in [0.1, 0.15) is 15.9 Å². The van der Waals surface area contributed by atoms with Crippen LogP contribution in [0.15, 0.2) is 0 Å². The number of sulfonamides is 1. The maximum absolute atomic E-state index is 12.0. The normalized spacial score (nSPS) is 21.9. The van der Waals surface area contributed by atoms with E-state index in [2.05, 4.69) is 4.74 Å². The number of carboxylic acid groups (broad SMARTS) is 1. The summed E-state index contributed by atoms with van der Waals surface area (Å²) in [5.74, 6) is -1.73. The topological polar surface area (TPSA) is 127 Å². The molecule has 112 valence electrons. The standard InChI is InChI=1S/C9H17NO7S2/c1-17-6-8(9(11)12)10-19(15,16)7-2-4-18(13,14)5-3-7/h7-8,10H,2-6H2,1H3,(H,11,12). The first-order valence-corrected chi connectivity index (χ1v) is 8.98. The first-order valence-electron chi connectivity index (χ1n) is 5.61. The Bertz CT molecular complexity index is 511. The maximum Gasteiger partial charge on any atom is 0.324 e. The SMILES string of the molecule is COCC(NS(=O)(=O)C1CCS(=O)(=O)CC1)C(=O)O. The molecule has 0 radical (unpaired) electrons. The Morgan fingerprint density at radius 3 is 2.37 bits per heavy atom. The molecule has 19 heavy (non-hydrogen) atoms. The van der Waals surface area contributed by atoms with Crippen molar-refractivity contribution in [1.82, 2.24) is 4.72 Å². The summed E-state index contributed by atoms with van der Waals surface area (Å²) in [6.07, 6.45) is -0.0338. The van der Waals surface area contributed by atoms with Crippen LogP contribution in [-0.2, 0) is 29.4 Å². The Labute approximate surface area is 112 Å². The monoisotopic (exact) mass is 315 g/mol. The van der Waals surface area contributed by atoms with Crippen molar-refractivity contribution < 1.29 is 31.5 Å². The summed E-state index contributed by atoms with van der Waals surface area (Å²) >= 11 is 0. The number of aliphatic carboxylic acids is 1. The fraction of sp³-hybridized carbons (Fsp3) is 0.889. The molecule has 0 aromatic heterocycles. The minimum atomic E-state index is -3.88. The molecule has 1 unspecified atom stereocenters. The molecule has 0 amide bonds. The van der Waals surface area contributed by atoms with Crippen molar-refractivity contribution in [3.8, 4) is 0 Å². The molecule has 1 aliphatic rings. The van der Waals surface area contributed by atoms with Gasteiger partial charge in [-0.2, -0.15) is 4.72 Å². The molecule has 0 aromatic carbocycles. The summed E-state index contributed by atoms with van der Waals surface area (Å²) in [7, 11) is -5.78. The van der Waals surface area contributed by atoms with Gasteiger partial charge >= 0.3 is 5.97 Å². The van der Waals surface area contributed by atoms with Gasteiger partial charge in [-0.25, -0.2) is 16.8 Å². The van der Waals surface area contributed by atoms with E-state index < -0.39 is 37.1 Å². The van der Waals surface area contributed by atoms with Gasteiger partial charge in [-0.1, -0.05) is 0 Å². The largest absolute Gasteiger partial charge is 0.480 e. The molecule has 0 bridgehead atoms. The van der Waals surface area contributed by atoms with Crippen LogP contribution in [0.5, 0.6) is 0 Å². The van der Waals surface area contributed by atoms with Gasteiger partial charge in [0.15, 0.2) is 0 Å². The van der Waals surface area contributed by atoms with Crippen LogP contribution < -0.4 is 4.72 Å². The Morgan fingerprint density at radius 1 is 1.42 bits per heavy atom. The van der Waals surface area contributed by atoms with Crippen LogP contribution in [0, 0.1) is 0 Å². The van der Waals surface area contributed by atoms with Gasteiger partial charge in [-0.05, 0) is 12.8 Å². The third-order valence-electron chi connectivity index (χ3n) is 2.88. The molecule has 8 nitrogen and oxygen atoms in total. The summed E-state index contributed by atoms with van der Waals surface area (Å²) in [6.45, 7) is -0.292. The lowest BCUT2D eigenvalue weighted by Crippen LogP contribution is -2.48. The molecule has 0 aliphatic carbocycles. The lowest BCUT2D eigenvalue weighted by molar-refractivity contribution is -0.140. The average Bonchev–Trinajstić information content (AvgIpc) is 2.27. The van der Waals surface area contributed by atoms with Gasteiger partial charge < -0.3 is 9.84 Å². The highest BCUT2D eigenvalue weighted by Crippen LogP contribution is 2.19.